The van der Waals surface area contributed by atoms with E-state index in [1.165, 1.54) is 11.6 Å². The van der Waals surface area contributed by atoms with Gasteiger partial charge in [-0.05, 0) is 24.5 Å². The number of piperazine rings is 1. The van der Waals surface area contributed by atoms with Gasteiger partial charge < -0.3 is 15.1 Å². The number of hydrogen-bond donors (Lipinski definition) is 1. The fourth-order valence-corrected chi connectivity index (χ4v) is 3.52. The monoisotopic (exact) mass is 410 g/mol. The number of nitrogens with zero attached hydrogens (tertiary/aromatic N) is 3. The minimum atomic E-state index is -0.477. The maximum absolute atomic E-state index is 12.4. The van der Waals surface area contributed by atoms with Crippen molar-refractivity contribution in [2.75, 3.05) is 38.0 Å². The molecular formula is C22H26N4O4. The Morgan fingerprint density at radius 1 is 0.900 bits per heavy atom. The van der Waals surface area contributed by atoms with Gasteiger partial charge in [0.25, 0.3) is 5.69 Å². The Bertz CT molecular complexity index is 880. The van der Waals surface area contributed by atoms with Crippen molar-refractivity contribution in [3.05, 3.63) is 70.3 Å². The molecule has 0 radical (unpaired) electrons. The van der Waals surface area contributed by atoms with Gasteiger partial charge in [0.1, 0.15) is 5.69 Å². The average molecular weight is 410 g/mol. The van der Waals surface area contributed by atoms with Crippen LogP contribution in [0.25, 0.3) is 0 Å². The third-order valence-electron chi connectivity index (χ3n) is 5.21. The number of nitrogens with one attached hydrogen (secondary N) is 1. The Labute approximate surface area is 175 Å². The standard InChI is InChI=1S/C22H26N4O4/c27-21(12-6-9-18-7-2-1-3-8-18)24-13-15-25(16-14-24)22(28)17-23-19-10-4-5-11-20(19)26(29)30/h1-5,7-8,10-11,23H,6,9,12-17H2. The van der Waals surface area contributed by atoms with Gasteiger partial charge in [-0.3, -0.25) is 19.7 Å². The predicted octanol–water partition coefficient (Wildman–Crippen LogP) is 2.70. The number of benzene rings is 2. The Balaban J connectivity index is 1.40. The predicted molar refractivity (Wildman–Crippen MR) is 114 cm³/mol. The summed E-state index contributed by atoms with van der Waals surface area (Å²) in [6.07, 6.45) is 2.19. The maximum Gasteiger partial charge on any atom is 0.292 e. The van der Waals surface area contributed by atoms with E-state index < -0.39 is 4.92 Å². The maximum atomic E-state index is 12.4. The van der Waals surface area contributed by atoms with E-state index in [2.05, 4.69) is 17.4 Å². The Hall–Kier alpha value is -3.42. The van der Waals surface area contributed by atoms with E-state index >= 15 is 0 Å². The molecule has 2 aromatic rings. The average Bonchev–Trinajstić information content (AvgIpc) is 2.78. The van der Waals surface area contributed by atoms with Gasteiger partial charge in [0, 0.05) is 38.7 Å². The van der Waals surface area contributed by atoms with E-state index in [9.17, 15) is 19.7 Å². The molecule has 0 spiro atoms. The molecule has 1 heterocycles. The number of para-hydroxylation sites is 2. The fourth-order valence-electron chi connectivity index (χ4n) is 3.52. The zero-order chi connectivity index (χ0) is 21.3. The molecule has 3 rings (SSSR count). The van der Waals surface area contributed by atoms with Gasteiger partial charge in [-0.1, -0.05) is 42.5 Å². The summed E-state index contributed by atoms with van der Waals surface area (Å²) in [5.74, 6) is -0.0135. The summed E-state index contributed by atoms with van der Waals surface area (Å²) in [4.78, 5) is 39.0. The highest BCUT2D eigenvalue weighted by Gasteiger charge is 2.24. The first kappa shape index (κ1) is 21.3. The summed E-state index contributed by atoms with van der Waals surface area (Å²) in [6, 6.07) is 16.3. The van der Waals surface area contributed by atoms with E-state index in [1.807, 2.05) is 23.1 Å². The molecule has 1 fully saturated rings. The molecule has 0 aromatic heterocycles. The van der Waals surface area contributed by atoms with Crippen molar-refractivity contribution in [1.82, 2.24) is 9.80 Å². The largest absolute Gasteiger partial charge is 0.371 e. The van der Waals surface area contributed by atoms with Crippen LogP contribution in [0.1, 0.15) is 18.4 Å². The first-order chi connectivity index (χ1) is 14.5. The highest BCUT2D eigenvalue weighted by Crippen LogP contribution is 2.22. The molecule has 8 heteroatoms. The zero-order valence-electron chi connectivity index (χ0n) is 16.8. The molecular weight excluding hydrogens is 384 g/mol. The van der Waals surface area contributed by atoms with E-state index in [0.29, 0.717) is 38.3 Å². The molecule has 0 aliphatic carbocycles. The Morgan fingerprint density at radius 2 is 1.50 bits per heavy atom. The van der Waals surface area contributed by atoms with Crippen molar-refractivity contribution in [2.45, 2.75) is 19.3 Å². The van der Waals surface area contributed by atoms with Crippen molar-refractivity contribution in [3.8, 4) is 0 Å². The molecule has 1 aliphatic heterocycles. The molecule has 158 valence electrons. The molecule has 0 atom stereocenters. The number of hydrogen-bond acceptors (Lipinski definition) is 5. The van der Waals surface area contributed by atoms with Crippen LogP contribution in [0.5, 0.6) is 0 Å². The number of amides is 2. The highest BCUT2D eigenvalue weighted by atomic mass is 16.6. The van der Waals surface area contributed by atoms with Crippen LogP contribution in [0.3, 0.4) is 0 Å². The quantitative estimate of drug-likeness (QED) is 0.533. The zero-order valence-corrected chi connectivity index (χ0v) is 16.8. The summed E-state index contributed by atoms with van der Waals surface area (Å²) in [5.41, 5.74) is 1.49. The van der Waals surface area contributed by atoms with Crippen LogP contribution >= 0.6 is 0 Å². The third kappa shape index (κ3) is 5.79. The van der Waals surface area contributed by atoms with Gasteiger partial charge in [-0.2, -0.15) is 0 Å². The molecule has 8 nitrogen and oxygen atoms in total. The minimum absolute atomic E-state index is 0.0180. The van der Waals surface area contributed by atoms with Crippen LogP contribution in [0, 0.1) is 10.1 Å². The molecule has 1 N–H and O–H groups in total. The van der Waals surface area contributed by atoms with Gasteiger partial charge in [0.05, 0.1) is 11.5 Å². The number of nitro groups is 1. The summed E-state index contributed by atoms with van der Waals surface area (Å²) >= 11 is 0. The van der Waals surface area contributed by atoms with Gasteiger partial charge in [-0.15, -0.1) is 0 Å². The van der Waals surface area contributed by atoms with E-state index in [1.54, 1.807) is 23.1 Å². The molecule has 1 aliphatic rings. The van der Waals surface area contributed by atoms with Crippen LogP contribution < -0.4 is 5.32 Å². The molecule has 30 heavy (non-hydrogen) atoms. The van der Waals surface area contributed by atoms with E-state index in [0.717, 1.165) is 12.8 Å². The van der Waals surface area contributed by atoms with E-state index in [4.69, 9.17) is 0 Å². The van der Waals surface area contributed by atoms with Crippen molar-refractivity contribution in [2.24, 2.45) is 0 Å². The van der Waals surface area contributed by atoms with Crippen LogP contribution in [-0.2, 0) is 16.0 Å². The summed E-state index contributed by atoms with van der Waals surface area (Å²) < 4.78 is 0. The number of nitro benzene ring substituents is 1. The summed E-state index contributed by atoms with van der Waals surface area (Å²) in [7, 11) is 0. The molecule has 0 unspecified atom stereocenters. The lowest BCUT2D eigenvalue weighted by Gasteiger charge is -2.35. The molecule has 0 bridgehead atoms. The Kier molecular flexibility index (Phi) is 7.37. The molecule has 2 aromatic carbocycles. The van der Waals surface area contributed by atoms with Gasteiger partial charge >= 0.3 is 0 Å². The number of carbonyl (C=O) groups is 2. The van der Waals surface area contributed by atoms with Crippen LogP contribution in [0.15, 0.2) is 54.6 Å². The second-order valence-electron chi connectivity index (χ2n) is 7.23. The summed E-state index contributed by atoms with van der Waals surface area (Å²) in [5, 5.41) is 13.9. The van der Waals surface area contributed by atoms with Gasteiger partial charge in [0.2, 0.25) is 11.8 Å². The van der Waals surface area contributed by atoms with Crippen molar-refractivity contribution < 1.29 is 14.5 Å². The smallest absolute Gasteiger partial charge is 0.292 e. The lowest BCUT2D eigenvalue weighted by Crippen LogP contribution is -2.51. The second kappa shape index (κ2) is 10.4. The topological polar surface area (TPSA) is 95.8 Å². The van der Waals surface area contributed by atoms with Crippen molar-refractivity contribution in [1.29, 1.82) is 0 Å². The minimum Gasteiger partial charge on any atom is -0.371 e. The number of carbonyl (C=O) groups excluding carboxylic acids is 2. The SMILES string of the molecule is O=C(CCCc1ccccc1)N1CCN(C(=O)CNc2ccccc2[N+](=O)[O-])CC1. The second-order valence-corrected chi connectivity index (χ2v) is 7.23. The fraction of sp³-hybridized carbons (Fsp3) is 0.364. The lowest BCUT2D eigenvalue weighted by atomic mass is 10.1. The molecule has 1 saturated heterocycles. The van der Waals surface area contributed by atoms with Gasteiger partial charge in [0.15, 0.2) is 0 Å². The van der Waals surface area contributed by atoms with Crippen LogP contribution in [0.2, 0.25) is 0 Å². The molecule has 2 amide bonds. The van der Waals surface area contributed by atoms with Crippen molar-refractivity contribution in [3.63, 3.8) is 0 Å². The van der Waals surface area contributed by atoms with Crippen molar-refractivity contribution >= 4 is 23.2 Å². The van der Waals surface area contributed by atoms with Crippen LogP contribution in [-0.4, -0.2) is 59.3 Å². The van der Waals surface area contributed by atoms with Crippen LogP contribution in [0.4, 0.5) is 11.4 Å². The molecule has 0 saturated carbocycles. The number of aryl methyl sites for hydroxylation is 1. The Morgan fingerprint density at radius 3 is 2.17 bits per heavy atom. The normalized spacial score (nSPS) is 13.7. The number of rotatable bonds is 8. The number of anilines is 1. The van der Waals surface area contributed by atoms with E-state index in [-0.39, 0.29) is 24.0 Å². The first-order valence-electron chi connectivity index (χ1n) is 10.1. The summed E-state index contributed by atoms with van der Waals surface area (Å²) in [6.45, 7) is 1.96. The first-order valence-corrected chi connectivity index (χ1v) is 10.1. The highest BCUT2D eigenvalue weighted by molar-refractivity contribution is 5.82. The lowest BCUT2D eigenvalue weighted by molar-refractivity contribution is -0.383. The third-order valence-corrected chi connectivity index (χ3v) is 5.21. The van der Waals surface area contributed by atoms with Gasteiger partial charge in [-0.25, -0.2) is 0 Å².